The second-order valence-electron chi connectivity index (χ2n) is 5.16. The van der Waals surface area contributed by atoms with E-state index < -0.39 is 26.1 Å². The van der Waals surface area contributed by atoms with Crippen LogP contribution in [0.2, 0.25) is 0 Å². The molecule has 0 aliphatic carbocycles. The normalized spacial score (nSPS) is 18.4. The molecule has 118 valence electrons. The van der Waals surface area contributed by atoms with Crippen molar-refractivity contribution >= 4 is 19.7 Å². The van der Waals surface area contributed by atoms with Gasteiger partial charge in [0, 0.05) is 35.4 Å². The van der Waals surface area contributed by atoms with E-state index >= 15 is 0 Å². The van der Waals surface area contributed by atoms with Crippen LogP contribution in [0, 0.1) is 17.0 Å². The topological polar surface area (TPSA) is 52.6 Å². The Morgan fingerprint density at radius 1 is 1.24 bits per heavy atom. The highest BCUT2D eigenvalue weighted by Crippen LogP contribution is 2.34. The van der Waals surface area contributed by atoms with Gasteiger partial charge in [0.15, 0.2) is 11.6 Å². The Bertz CT molecular complexity index is 600. The van der Waals surface area contributed by atoms with Crippen molar-refractivity contribution in [3.05, 3.63) is 29.8 Å². The number of halogens is 3. The molecule has 1 aromatic rings. The molecule has 0 aromatic heterocycles. The van der Waals surface area contributed by atoms with E-state index in [1.54, 1.807) is 0 Å². The van der Waals surface area contributed by atoms with Crippen molar-refractivity contribution < 1.29 is 26.7 Å². The van der Waals surface area contributed by atoms with Gasteiger partial charge in [-0.25, -0.2) is 17.2 Å². The van der Waals surface area contributed by atoms with Gasteiger partial charge in [0.2, 0.25) is 9.05 Å². The third-order valence-corrected chi connectivity index (χ3v) is 4.75. The maximum atomic E-state index is 13.1. The molecule has 1 aromatic carbocycles. The molecule has 2 rings (SSSR count). The van der Waals surface area contributed by atoms with Crippen molar-refractivity contribution in [1.29, 1.82) is 0 Å². The molecule has 1 saturated heterocycles. The predicted molar refractivity (Wildman–Crippen MR) is 74.0 cm³/mol. The van der Waals surface area contributed by atoms with Crippen LogP contribution in [0.1, 0.15) is 12.8 Å². The van der Waals surface area contributed by atoms with Crippen LogP contribution in [0.4, 0.5) is 8.78 Å². The molecule has 0 N–H and O–H groups in total. The zero-order valence-electron chi connectivity index (χ0n) is 11.1. The average molecular weight is 341 g/mol. The minimum atomic E-state index is -3.70. The zero-order valence-corrected chi connectivity index (χ0v) is 12.7. The van der Waals surface area contributed by atoms with E-state index in [2.05, 4.69) is 0 Å². The Hall–Kier alpha value is -0.920. The van der Waals surface area contributed by atoms with Gasteiger partial charge in [-0.3, -0.25) is 0 Å². The molecule has 0 radical (unpaired) electrons. The summed E-state index contributed by atoms with van der Waals surface area (Å²) < 4.78 is 59.4. The Balaban J connectivity index is 2.10. The van der Waals surface area contributed by atoms with Gasteiger partial charge in [-0.05, 0) is 25.0 Å². The fraction of sp³-hybridized carbons (Fsp3) is 0.538. The molecule has 4 nitrogen and oxygen atoms in total. The summed E-state index contributed by atoms with van der Waals surface area (Å²) in [5.74, 6) is -2.08. The summed E-state index contributed by atoms with van der Waals surface area (Å²) in [6.45, 7) is 0.870. The van der Waals surface area contributed by atoms with E-state index in [1.807, 2.05) is 0 Å². The van der Waals surface area contributed by atoms with E-state index in [1.165, 1.54) is 6.07 Å². The standard InChI is InChI=1S/C13H15ClF2O4S/c14-21(17,18)9-13(3-5-19-6-4-13)8-20-10-1-2-11(15)12(16)7-10/h1-2,7H,3-6,8-9H2. The summed E-state index contributed by atoms with van der Waals surface area (Å²) in [4.78, 5) is 0. The third kappa shape index (κ3) is 4.79. The van der Waals surface area contributed by atoms with E-state index in [9.17, 15) is 17.2 Å². The van der Waals surface area contributed by atoms with Crippen LogP contribution >= 0.6 is 10.7 Å². The van der Waals surface area contributed by atoms with Crippen LogP contribution in [-0.4, -0.2) is 34.0 Å². The minimum absolute atomic E-state index is 0.0490. The second kappa shape index (κ2) is 6.46. The molecule has 0 atom stereocenters. The summed E-state index contributed by atoms with van der Waals surface area (Å²) in [7, 11) is 1.65. The summed E-state index contributed by atoms with van der Waals surface area (Å²) >= 11 is 0. The Kier molecular flexibility index (Phi) is 5.06. The quantitative estimate of drug-likeness (QED) is 0.773. The Morgan fingerprint density at radius 2 is 1.90 bits per heavy atom. The number of hydrogen-bond donors (Lipinski definition) is 0. The average Bonchev–Trinajstić information content (AvgIpc) is 2.39. The van der Waals surface area contributed by atoms with Crippen LogP contribution in [0.5, 0.6) is 5.75 Å². The van der Waals surface area contributed by atoms with Crippen LogP contribution < -0.4 is 4.74 Å². The SMILES string of the molecule is O=S(=O)(Cl)CC1(COc2ccc(F)c(F)c2)CCOCC1. The Labute approximate surface area is 126 Å². The fourth-order valence-electron chi connectivity index (χ4n) is 2.30. The molecule has 0 amide bonds. The third-order valence-electron chi connectivity index (χ3n) is 3.47. The lowest BCUT2D eigenvalue weighted by atomic mass is 9.83. The molecular weight excluding hydrogens is 326 g/mol. The highest BCUT2D eigenvalue weighted by Gasteiger charge is 2.37. The highest BCUT2D eigenvalue weighted by molar-refractivity contribution is 8.13. The highest BCUT2D eigenvalue weighted by atomic mass is 35.7. The number of benzene rings is 1. The van der Waals surface area contributed by atoms with Gasteiger partial charge in [0.25, 0.3) is 0 Å². The zero-order chi connectivity index (χ0) is 15.5. The molecule has 0 unspecified atom stereocenters. The lowest BCUT2D eigenvalue weighted by molar-refractivity contribution is 0.00221. The van der Waals surface area contributed by atoms with E-state index in [0.29, 0.717) is 26.1 Å². The number of ether oxygens (including phenoxy) is 2. The lowest BCUT2D eigenvalue weighted by Gasteiger charge is -2.35. The van der Waals surface area contributed by atoms with Crippen LogP contribution in [-0.2, 0) is 13.8 Å². The van der Waals surface area contributed by atoms with Crippen molar-refractivity contribution in [2.75, 3.05) is 25.6 Å². The first-order valence-corrected chi connectivity index (χ1v) is 8.86. The molecule has 8 heteroatoms. The van der Waals surface area contributed by atoms with Gasteiger partial charge in [-0.2, -0.15) is 0 Å². The smallest absolute Gasteiger partial charge is 0.233 e. The molecule has 1 aliphatic rings. The Morgan fingerprint density at radius 3 is 2.48 bits per heavy atom. The first-order valence-electron chi connectivity index (χ1n) is 6.38. The second-order valence-corrected chi connectivity index (χ2v) is 7.94. The summed E-state index contributed by atoms with van der Waals surface area (Å²) in [6.07, 6.45) is 0.950. The maximum absolute atomic E-state index is 13.1. The predicted octanol–water partition coefficient (Wildman–Crippen LogP) is 2.71. The minimum Gasteiger partial charge on any atom is -0.493 e. The van der Waals surface area contributed by atoms with Gasteiger partial charge in [-0.1, -0.05) is 0 Å². The molecular formula is C13H15ClF2O4S. The molecule has 1 heterocycles. The van der Waals surface area contributed by atoms with E-state index in [4.69, 9.17) is 20.2 Å². The van der Waals surface area contributed by atoms with Gasteiger partial charge < -0.3 is 9.47 Å². The van der Waals surface area contributed by atoms with Crippen LogP contribution in [0.15, 0.2) is 18.2 Å². The largest absolute Gasteiger partial charge is 0.493 e. The lowest BCUT2D eigenvalue weighted by Crippen LogP contribution is -2.40. The first kappa shape index (κ1) is 16.5. The molecule has 21 heavy (non-hydrogen) atoms. The summed E-state index contributed by atoms with van der Waals surface area (Å²) in [6, 6.07) is 3.18. The number of hydrogen-bond acceptors (Lipinski definition) is 4. The van der Waals surface area contributed by atoms with Gasteiger partial charge in [-0.15, -0.1) is 0 Å². The molecule has 0 bridgehead atoms. The van der Waals surface area contributed by atoms with Crippen molar-refractivity contribution in [2.24, 2.45) is 5.41 Å². The van der Waals surface area contributed by atoms with Crippen LogP contribution in [0.3, 0.4) is 0 Å². The monoisotopic (exact) mass is 340 g/mol. The van der Waals surface area contributed by atoms with Crippen molar-refractivity contribution in [1.82, 2.24) is 0 Å². The fourth-order valence-corrected chi connectivity index (χ4v) is 4.10. The van der Waals surface area contributed by atoms with Gasteiger partial charge in [0.1, 0.15) is 5.75 Å². The van der Waals surface area contributed by atoms with Crippen molar-refractivity contribution in [3.8, 4) is 5.75 Å². The summed E-state index contributed by atoms with van der Waals surface area (Å²) in [5, 5.41) is 0. The van der Waals surface area contributed by atoms with Crippen molar-refractivity contribution in [2.45, 2.75) is 12.8 Å². The molecule has 0 spiro atoms. The van der Waals surface area contributed by atoms with E-state index in [-0.39, 0.29) is 18.1 Å². The first-order chi connectivity index (χ1) is 9.80. The molecule has 1 aliphatic heterocycles. The maximum Gasteiger partial charge on any atom is 0.233 e. The number of rotatable bonds is 5. The van der Waals surface area contributed by atoms with Crippen LogP contribution in [0.25, 0.3) is 0 Å². The van der Waals surface area contributed by atoms with Gasteiger partial charge >= 0.3 is 0 Å². The summed E-state index contributed by atoms with van der Waals surface area (Å²) in [5.41, 5.74) is -0.677. The molecule has 1 fully saturated rings. The van der Waals surface area contributed by atoms with Crippen molar-refractivity contribution in [3.63, 3.8) is 0 Å². The molecule has 0 saturated carbocycles. The van der Waals surface area contributed by atoms with Gasteiger partial charge in [0.05, 0.1) is 12.4 Å². The van der Waals surface area contributed by atoms with E-state index in [0.717, 1.165) is 12.1 Å².